The van der Waals surface area contributed by atoms with Crippen molar-refractivity contribution in [2.45, 2.75) is 18.8 Å². The van der Waals surface area contributed by atoms with Gasteiger partial charge in [-0.2, -0.15) is 0 Å². The van der Waals surface area contributed by atoms with Crippen LogP contribution in [0, 0.1) is 5.41 Å². The van der Waals surface area contributed by atoms with Crippen LogP contribution < -0.4 is 4.90 Å². The minimum Gasteiger partial charge on any atom is -0.374 e. The maximum Gasteiger partial charge on any atom is 0.174 e. The van der Waals surface area contributed by atoms with E-state index in [9.17, 15) is 4.79 Å². The molecule has 0 bridgehead atoms. The predicted molar refractivity (Wildman–Crippen MR) is 84.9 cm³/mol. The number of hydrogen-bond acceptors (Lipinski definition) is 2. The fraction of sp³-hybridized carbons (Fsp3) is 0.316. The van der Waals surface area contributed by atoms with Crippen molar-refractivity contribution in [2.24, 2.45) is 5.41 Å². The SMILES string of the molecule is CN1C[C@]2(C)C[C@]2(C(=O)c2ccccc2)c2ccccc21. The van der Waals surface area contributed by atoms with E-state index in [1.54, 1.807) is 0 Å². The number of anilines is 1. The number of fused-ring (bicyclic) bond motifs is 3. The first-order valence-corrected chi connectivity index (χ1v) is 7.49. The van der Waals surface area contributed by atoms with Gasteiger partial charge in [-0.3, -0.25) is 4.79 Å². The predicted octanol–water partition coefficient (Wildman–Crippen LogP) is 3.67. The highest BCUT2D eigenvalue weighted by atomic mass is 16.1. The van der Waals surface area contributed by atoms with Crippen LogP contribution in [0.3, 0.4) is 0 Å². The molecule has 0 saturated heterocycles. The van der Waals surface area contributed by atoms with E-state index in [0.717, 1.165) is 18.5 Å². The molecule has 0 amide bonds. The lowest BCUT2D eigenvalue weighted by molar-refractivity contribution is 0.0922. The summed E-state index contributed by atoms with van der Waals surface area (Å²) in [6, 6.07) is 18.1. The zero-order valence-electron chi connectivity index (χ0n) is 12.5. The molecule has 0 spiro atoms. The van der Waals surface area contributed by atoms with E-state index < -0.39 is 0 Å². The monoisotopic (exact) mass is 277 g/mol. The summed E-state index contributed by atoms with van der Waals surface area (Å²) in [6.07, 6.45) is 0.953. The van der Waals surface area contributed by atoms with Gasteiger partial charge in [-0.1, -0.05) is 55.5 Å². The molecule has 1 saturated carbocycles. The molecule has 1 aliphatic heterocycles. The topological polar surface area (TPSA) is 20.3 Å². The van der Waals surface area contributed by atoms with Crippen LogP contribution in [0.25, 0.3) is 0 Å². The van der Waals surface area contributed by atoms with Crippen molar-refractivity contribution in [1.82, 2.24) is 0 Å². The Morgan fingerprint density at radius 1 is 1.05 bits per heavy atom. The molecule has 4 rings (SSSR count). The average Bonchev–Trinajstić information content (AvgIpc) is 3.15. The number of nitrogens with zero attached hydrogens (tertiary/aromatic N) is 1. The molecule has 2 aliphatic rings. The highest BCUT2D eigenvalue weighted by Gasteiger charge is 2.72. The Kier molecular flexibility index (Phi) is 2.39. The lowest BCUT2D eigenvalue weighted by atomic mass is 9.77. The summed E-state index contributed by atoms with van der Waals surface area (Å²) < 4.78 is 0. The molecular formula is C19H19NO. The Bertz CT molecular complexity index is 723. The summed E-state index contributed by atoms with van der Waals surface area (Å²) in [5, 5.41) is 0. The van der Waals surface area contributed by atoms with E-state index in [-0.39, 0.29) is 16.6 Å². The van der Waals surface area contributed by atoms with E-state index in [1.165, 1.54) is 11.3 Å². The molecular weight excluding hydrogens is 258 g/mol. The molecule has 0 unspecified atom stereocenters. The van der Waals surface area contributed by atoms with Gasteiger partial charge in [0.15, 0.2) is 5.78 Å². The van der Waals surface area contributed by atoms with Gasteiger partial charge in [0.2, 0.25) is 0 Å². The number of rotatable bonds is 2. The van der Waals surface area contributed by atoms with Crippen LogP contribution >= 0.6 is 0 Å². The summed E-state index contributed by atoms with van der Waals surface area (Å²) >= 11 is 0. The van der Waals surface area contributed by atoms with Gasteiger partial charge in [0.05, 0.1) is 5.41 Å². The molecule has 0 radical (unpaired) electrons. The largest absolute Gasteiger partial charge is 0.374 e. The molecule has 2 heteroatoms. The van der Waals surface area contributed by atoms with Crippen molar-refractivity contribution in [3.05, 3.63) is 65.7 Å². The number of ketones is 1. The van der Waals surface area contributed by atoms with Crippen LogP contribution in [0.15, 0.2) is 54.6 Å². The zero-order chi connectivity index (χ0) is 14.7. The molecule has 2 aromatic carbocycles. The Hall–Kier alpha value is -2.09. The zero-order valence-corrected chi connectivity index (χ0v) is 12.5. The van der Waals surface area contributed by atoms with Gasteiger partial charge in [-0.25, -0.2) is 0 Å². The molecule has 2 nitrogen and oxygen atoms in total. The third-order valence-electron chi connectivity index (χ3n) is 5.35. The number of benzene rings is 2. The van der Waals surface area contributed by atoms with Crippen molar-refractivity contribution in [1.29, 1.82) is 0 Å². The fourth-order valence-corrected chi connectivity index (χ4v) is 4.24. The fourth-order valence-electron chi connectivity index (χ4n) is 4.24. The molecule has 1 heterocycles. The average molecular weight is 277 g/mol. The molecule has 106 valence electrons. The first kappa shape index (κ1) is 12.6. The molecule has 1 aliphatic carbocycles. The summed E-state index contributed by atoms with van der Waals surface area (Å²) in [4.78, 5) is 15.5. The van der Waals surface area contributed by atoms with Crippen LogP contribution in [-0.2, 0) is 5.41 Å². The molecule has 1 fully saturated rings. The number of carbonyl (C=O) groups is 1. The van der Waals surface area contributed by atoms with E-state index in [4.69, 9.17) is 0 Å². The van der Waals surface area contributed by atoms with E-state index in [2.05, 4.69) is 43.1 Å². The Labute approximate surface area is 125 Å². The highest BCUT2D eigenvalue weighted by molar-refractivity contribution is 6.08. The summed E-state index contributed by atoms with van der Waals surface area (Å²) in [6.45, 7) is 3.20. The normalized spacial score (nSPS) is 29.5. The van der Waals surface area contributed by atoms with Crippen LogP contribution in [0.4, 0.5) is 5.69 Å². The van der Waals surface area contributed by atoms with Crippen molar-refractivity contribution < 1.29 is 4.79 Å². The number of carbonyl (C=O) groups excluding carboxylic acids is 1. The smallest absolute Gasteiger partial charge is 0.174 e. The van der Waals surface area contributed by atoms with Gasteiger partial charge in [0.1, 0.15) is 0 Å². The van der Waals surface area contributed by atoms with Gasteiger partial charge < -0.3 is 4.90 Å². The quantitative estimate of drug-likeness (QED) is 0.781. The second kappa shape index (κ2) is 3.97. The Balaban J connectivity index is 1.89. The van der Waals surface area contributed by atoms with Crippen molar-refractivity contribution in [2.75, 3.05) is 18.5 Å². The minimum atomic E-state index is -0.322. The highest BCUT2D eigenvalue weighted by Crippen LogP contribution is 2.69. The molecule has 2 atom stereocenters. The Morgan fingerprint density at radius 2 is 1.71 bits per heavy atom. The van der Waals surface area contributed by atoms with Gasteiger partial charge in [0, 0.05) is 30.3 Å². The first-order chi connectivity index (χ1) is 10.1. The van der Waals surface area contributed by atoms with Crippen LogP contribution in [0.1, 0.15) is 29.3 Å². The number of para-hydroxylation sites is 1. The third kappa shape index (κ3) is 1.50. The second-order valence-corrected chi connectivity index (χ2v) is 6.71. The maximum absolute atomic E-state index is 13.2. The molecule has 0 N–H and O–H groups in total. The maximum atomic E-state index is 13.2. The minimum absolute atomic E-state index is 0.0586. The summed E-state index contributed by atoms with van der Waals surface area (Å²) in [7, 11) is 2.12. The van der Waals surface area contributed by atoms with Gasteiger partial charge in [-0.05, 0) is 18.1 Å². The standard InChI is InChI=1S/C19H19NO/c1-18-12-19(18,17(21)14-8-4-3-5-9-14)15-10-6-7-11-16(15)20(2)13-18/h3-11H,12-13H2,1-2H3/t18-,19+/m0/s1. The van der Waals surface area contributed by atoms with E-state index >= 15 is 0 Å². The van der Waals surface area contributed by atoms with Crippen molar-refractivity contribution in [3.63, 3.8) is 0 Å². The van der Waals surface area contributed by atoms with Crippen molar-refractivity contribution >= 4 is 11.5 Å². The third-order valence-corrected chi connectivity index (χ3v) is 5.35. The van der Waals surface area contributed by atoms with Gasteiger partial charge >= 0.3 is 0 Å². The molecule has 0 aromatic heterocycles. The van der Waals surface area contributed by atoms with Gasteiger partial charge in [0.25, 0.3) is 0 Å². The number of hydrogen-bond donors (Lipinski definition) is 0. The summed E-state index contributed by atoms with van der Waals surface area (Å²) in [5.74, 6) is 0.283. The van der Waals surface area contributed by atoms with E-state index in [0.29, 0.717) is 0 Å². The van der Waals surface area contributed by atoms with Gasteiger partial charge in [-0.15, -0.1) is 0 Å². The van der Waals surface area contributed by atoms with E-state index in [1.807, 2.05) is 30.3 Å². The lowest BCUT2D eigenvalue weighted by Gasteiger charge is -2.36. The Morgan fingerprint density at radius 3 is 2.48 bits per heavy atom. The first-order valence-electron chi connectivity index (χ1n) is 7.49. The van der Waals surface area contributed by atoms with Crippen LogP contribution in [0.5, 0.6) is 0 Å². The molecule has 2 aromatic rings. The van der Waals surface area contributed by atoms with Crippen molar-refractivity contribution in [3.8, 4) is 0 Å². The number of Topliss-reactive ketones (excluding diaryl/α,β-unsaturated/α-hetero) is 1. The summed E-state index contributed by atoms with van der Waals surface area (Å²) in [5.41, 5.74) is 2.98. The lowest BCUT2D eigenvalue weighted by Crippen LogP contribution is -2.40. The van der Waals surface area contributed by atoms with Crippen LogP contribution in [0.2, 0.25) is 0 Å². The second-order valence-electron chi connectivity index (χ2n) is 6.71. The molecule has 21 heavy (non-hydrogen) atoms. The van der Waals surface area contributed by atoms with Crippen LogP contribution in [-0.4, -0.2) is 19.4 Å².